The van der Waals surface area contributed by atoms with Gasteiger partial charge < -0.3 is 13.6 Å². The fourth-order valence-corrected chi connectivity index (χ4v) is 7.63. The van der Waals surface area contributed by atoms with Gasteiger partial charge in [0, 0.05) is 0 Å². The number of nitrogens with zero attached hydrogens (tertiary/aromatic N) is 3. The van der Waals surface area contributed by atoms with Crippen molar-refractivity contribution in [3.05, 3.63) is 37.0 Å². The summed E-state index contributed by atoms with van der Waals surface area (Å²) in [5.74, 6) is 0. The molecule has 0 atom stereocenters. The summed E-state index contributed by atoms with van der Waals surface area (Å²) in [4.78, 5) is 0. The molecule has 0 amide bonds. The monoisotopic (exact) mass is 405 g/mol. The topological polar surface area (TPSA) is 64.8 Å². The van der Waals surface area contributed by atoms with E-state index in [1.165, 1.54) is 18.2 Å². The molecule has 0 radical (unpaired) electrons. The van der Waals surface area contributed by atoms with E-state index in [-0.39, 0.29) is 0 Å². The summed E-state index contributed by atoms with van der Waals surface area (Å²) < 4.78 is 68.0. The highest BCUT2D eigenvalue weighted by Gasteiger charge is 2.42. The van der Waals surface area contributed by atoms with E-state index in [9.17, 15) is 12.6 Å². The van der Waals surface area contributed by atoms with Gasteiger partial charge in [0.05, 0.1) is 18.8 Å². The first-order chi connectivity index (χ1) is 11.3. The van der Waals surface area contributed by atoms with Gasteiger partial charge in [0.2, 0.25) is 0 Å². The Morgan fingerprint density at radius 3 is 1.08 bits per heavy atom. The average Bonchev–Trinajstić information content (AvgIpc) is 2.46. The number of rotatable bonds is 9. The van der Waals surface area contributed by atoms with Crippen molar-refractivity contribution in [2.75, 3.05) is 0 Å². The van der Waals surface area contributed by atoms with Crippen LogP contribution in [0.15, 0.2) is 50.6 Å². The van der Waals surface area contributed by atoms with Crippen molar-refractivity contribution in [2.45, 2.75) is 40.0 Å². The molecule has 0 aliphatic carbocycles. The van der Waals surface area contributed by atoms with Crippen LogP contribution in [-0.2, 0) is 13.6 Å². The normalized spacial score (nSPS) is 33.2. The standard InChI is InChI=1S/C12H21F3N3O3P3/c1-4-7-10-19-22(13)16-23(14,20-11-8-5-2)18-24(15,17-22)21-12-9-6-3/h7-12H,4-6H2,1-3H3. The van der Waals surface area contributed by atoms with E-state index < -0.39 is 23.2 Å². The fourth-order valence-electron chi connectivity index (χ4n) is 1.24. The third-order valence-corrected chi connectivity index (χ3v) is 8.71. The minimum Gasteiger partial charge on any atom is -0.427 e. The van der Waals surface area contributed by atoms with Gasteiger partial charge in [0.15, 0.2) is 0 Å². The van der Waals surface area contributed by atoms with E-state index in [2.05, 4.69) is 13.5 Å². The second kappa shape index (κ2) is 9.55. The summed E-state index contributed by atoms with van der Waals surface area (Å²) in [6.07, 6.45) is 8.95. The zero-order valence-electron chi connectivity index (χ0n) is 13.6. The molecule has 0 fully saturated rings. The molecule has 0 N–H and O–H groups in total. The van der Waals surface area contributed by atoms with Gasteiger partial charge >= 0.3 is 23.2 Å². The Hall–Kier alpha value is -0.900. The van der Waals surface area contributed by atoms with Crippen LogP contribution in [0.1, 0.15) is 40.0 Å². The van der Waals surface area contributed by atoms with Crippen molar-refractivity contribution in [3.8, 4) is 0 Å². The molecule has 0 bridgehead atoms. The van der Waals surface area contributed by atoms with Crippen molar-refractivity contribution in [1.29, 1.82) is 0 Å². The van der Waals surface area contributed by atoms with E-state index in [0.717, 1.165) is 18.8 Å². The average molecular weight is 405 g/mol. The SMILES string of the molecule is CCC=COP1(F)=NP(F)(OC=CCC)=NP(F)(OC=CCC)=N1. The van der Waals surface area contributed by atoms with E-state index in [0.29, 0.717) is 19.3 Å². The second-order valence-corrected chi connectivity index (χ2v) is 9.96. The molecule has 0 saturated carbocycles. The van der Waals surface area contributed by atoms with Gasteiger partial charge in [-0.2, -0.15) is 0 Å². The van der Waals surface area contributed by atoms with Gasteiger partial charge in [-0.05, 0) is 37.5 Å². The van der Waals surface area contributed by atoms with Crippen LogP contribution in [0.25, 0.3) is 0 Å². The first-order valence-corrected chi connectivity index (χ1v) is 11.8. The zero-order chi connectivity index (χ0) is 18.1. The highest BCUT2D eigenvalue weighted by atomic mass is 31.3. The van der Waals surface area contributed by atoms with Crippen LogP contribution < -0.4 is 0 Å². The highest BCUT2D eigenvalue weighted by molar-refractivity contribution is 7.78. The quantitative estimate of drug-likeness (QED) is 0.285. The highest BCUT2D eigenvalue weighted by Crippen LogP contribution is 2.81. The molecule has 0 unspecified atom stereocenters. The van der Waals surface area contributed by atoms with Crippen LogP contribution in [-0.4, -0.2) is 0 Å². The molecule has 0 aromatic carbocycles. The molecule has 0 saturated heterocycles. The van der Waals surface area contributed by atoms with Crippen molar-refractivity contribution in [2.24, 2.45) is 13.5 Å². The lowest BCUT2D eigenvalue weighted by molar-refractivity contribution is 0.451. The maximum atomic E-state index is 14.7. The van der Waals surface area contributed by atoms with Crippen molar-refractivity contribution >= 4 is 23.2 Å². The van der Waals surface area contributed by atoms with Crippen LogP contribution >= 0.6 is 23.2 Å². The zero-order valence-corrected chi connectivity index (χ0v) is 16.3. The van der Waals surface area contributed by atoms with Gasteiger partial charge in [-0.25, -0.2) is 0 Å². The fraction of sp³-hybridized carbons (Fsp3) is 0.500. The summed E-state index contributed by atoms with van der Waals surface area (Å²) in [7, 11) is -13.9. The van der Waals surface area contributed by atoms with E-state index in [4.69, 9.17) is 13.6 Å². The molecule has 1 rings (SSSR count). The molecular formula is C12H21F3N3O3P3. The molecule has 138 valence electrons. The molecule has 1 aliphatic heterocycles. The van der Waals surface area contributed by atoms with Crippen LogP contribution in [0.3, 0.4) is 0 Å². The van der Waals surface area contributed by atoms with Crippen LogP contribution in [0, 0.1) is 0 Å². The van der Waals surface area contributed by atoms with Gasteiger partial charge in [0.25, 0.3) is 0 Å². The predicted octanol–water partition coefficient (Wildman–Crippen LogP) is 8.57. The summed E-state index contributed by atoms with van der Waals surface area (Å²) in [5.41, 5.74) is 0. The molecule has 12 heteroatoms. The van der Waals surface area contributed by atoms with Gasteiger partial charge in [-0.15, -0.1) is 26.1 Å². The number of hydrogen-bond donors (Lipinski definition) is 0. The summed E-state index contributed by atoms with van der Waals surface area (Å²) in [6.45, 7) is 5.34. The minimum atomic E-state index is -4.63. The Morgan fingerprint density at radius 1 is 0.625 bits per heavy atom. The van der Waals surface area contributed by atoms with E-state index in [1.54, 1.807) is 20.8 Å². The van der Waals surface area contributed by atoms with E-state index in [1.807, 2.05) is 0 Å². The predicted molar refractivity (Wildman–Crippen MR) is 92.9 cm³/mol. The number of hydrogen-bond acceptors (Lipinski definition) is 6. The number of allylic oxidation sites excluding steroid dienone is 3. The maximum absolute atomic E-state index is 14.7. The largest absolute Gasteiger partial charge is 0.442 e. The molecule has 1 aliphatic rings. The minimum absolute atomic E-state index is 0.543. The molecular weight excluding hydrogens is 384 g/mol. The Morgan fingerprint density at radius 2 is 0.875 bits per heavy atom. The first kappa shape index (κ1) is 21.1. The molecule has 0 aromatic heterocycles. The molecule has 1 heterocycles. The number of halogens is 3. The lowest BCUT2D eigenvalue weighted by atomic mass is 10.5. The summed E-state index contributed by atoms with van der Waals surface area (Å²) >= 11 is 0. The summed E-state index contributed by atoms with van der Waals surface area (Å²) in [6, 6.07) is 0. The van der Waals surface area contributed by atoms with Crippen LogP contribution in [0.2, 0.25) is 0 Å². The van der Waals surface area contributed by atoms with Gasteiger partial charge in [0.1, 0.15) is 0 Å². The second-order valence-electron chi connectivity index (χ2n) is 4.34. The molecule has 0 aromatic rings. The Balaban J connectivity index is 3.30. The van der Waals surface area contributed by atoms with Crippen molar-refractivity contribution < 1.29 is 26.2 Å². The van der Waals surface area contributed by atoms with Crippen molar-refractivity contribution in [3.63, 3.8) is 0 Å². The maximum Gasteiger partial charge on any atom is 0.442 e. The third kappa shape index (κ3) is 6.92. The Kier molecular flexibility index (Phi) is 8.41. The van der Waals surface area contributed by atoms with Crippen LogP contribution in [0.5, 0.6) is 0 Å². The smallest absolute Gasteiger partial charge is 0.427 e. The van der Waals surface area contributed by atoms with Gasteiger partial charge in [-0.3, -0.25) is 0 Å². The first-order valence-electron chi connectivity index (χ1n) is 7.31. The lowest BCUT2D eigenvalue weighted by Gasteiger charge is -2.21. The van der Waals surface area contributed by atoms with E-state index >= 15 is 0 Å². The Labute approximate surface area is 140 Å². The van der Waals surface area contributed by atoms with Gasteiger partial charge in [-0.1, -0.05) is 20.8 Å². The molecule has 0 spiro atoms. The third-order valence-electron chi connectivity index (χ3n) is 2.24. The molecule has 24 heavy (non-hydrogen) atoms. The van der Waals surface area contributed by atoms with Crippen LogP contribution in [0.4, 0.5) is 12.6 Å². The van der Waals surface area contributed by atoms with Crippen molar-refractivity contribution in [1.82, 2.24) is 0 Å². The molecule has 6 nitrogen and oxygen atoms in total. The summed E-state index contributed by atoms with van der Waals surface area (Å²) in [5, 5.41) is 0. The Bertz CT molecular complexity index is 570. The lowest BCUT2D eigenvalue weighted by Crippen LogP contribution is -1.85.